The molecule has 1 saturated heterocycles. The summed E-state index contributed by atoms with van der Waals surface area (Å²) in [4.78, 5) is 40.9. The monoisotopic (exact) mass is 622 g/mol. The number of benzene rings is 1. The molecule has 0 unspecified atom stereocenters. The number of hydrogen-bond donors (Lipinski definition) is 3. The minimum Gasteiger partial charge on any atom is -0.505 e. The molecule has 1 amide bonds. The van der Waals surface area contributed by atoms with E-state index in [0.29, 0.717) is 45.8 Å². The highest BCUT2D eigenvalue weighted by atomic mass is 35.5. The van der Waals surface area contributed by atoms with Gasteiger partial charge in [0.15, 0.2) is 11.5 Å². The van der Waals surface area contributed by atoms with Crippen molar-refractivity contribution in [1.29, 1.82) is 0 Å². The summed E-state index contributed by atoms with van der Waals surface area (Å²) in [6, 6.07) is 10.4. The zero-order valence-electron chi connectivity index (χ0n) is 24.2. The fourth-order valence-electron chi connectivity index (χ4n) is 4.90. The summed E-state index contributed by atoms with van der Waals surface area (Å²) >= 11 is 12.3. The van der Waals surface area contributed by atoms with Crippen molar-refractivity contribution >= 4 is 63.3 Å². The second-order valence-corrected chi connectivity index (χ2v) is 12.2. The number of phenols is 1. The number of ether oxygens (including phenoxy) is 1. The number of fused-ring (bicyclic) bond motifs is 1. The Kier molecular flexibility index (Phi) is 8.62. The van der Waals surface area contributed by atoms with Crippen LogP contribution in [0.1, 0.15) is 50.9 Å². The van der Waals surface area contributed by atoms with Crippen LogP contribution in [0.15, 0.2) is 48.8 Å². The third-order valence-electron chi connectivity index (χ3n) is 6.89. The molecule has 4 heterocycles. The number of ketones is 1. The normalized spacial score (nSPS) is 15.3. The first-order chi connectivity index (χ1) is 20.4. The molecular weight excluding hydrogens is 591 g/mol. The first-order valence-electron chi connectivity index (χ1n) is 13.8. The SMILES string of the molecule is CC(=O)c1cnc2ccc(-c3cc(Cl)c(O)c(Cl)c3)nc2c1Nc1ccc(N2CCC[C@H](NC(=O)OC(C)(C)C)C2)nc1. The largest absolute Gasteiger partial charge is 0.505 e. The number of carbonyl (C=O) groups is 2. The summed E-state index contributed by atoms with van der Waals surface area (Å²) < 4.78 is 5.41. The van der Waals surface area contributed by atoms with Gasteiger partial charge in [0.05, 0.1) is 44.4 Å². The summed E-state index contributed by atoms with van der Waals surface area (Å²) in [5.74, 6) is 0.390. The summed E-state index contributed by atoms with van der Waals surface area (Å²) in [5.41, 5.74) is 3.14. The number of nitrogens with one attached hydrogen (secondary N) is 2. The molecule has 1 atom stereocenters. The highest BCUT2D eigenvalue weighted by Crippen LogP contribution is 2.37. The van der Waals surface area contributed by atoms with Gasteiger partial charge in [-0.2, -0.15) is 0 Å². The number of Topliss-reactive ketones (excluding diaryl/α,β-unsaturated/α-hetero) is 1. The van der Waals surface area contributed by atoms with Crippen LogP contribution in [0.5, 0.6) is 5.75 Å². The third-order valence-corrected chi connectivity index (χ3v) is 7.46. The van der Waals surface area contributed by atoms with E-state index in [-0.39, 0.29) is 27.6 Å². The number of alkyl carbamates (subject to hydrolysis) is 1. The molecule has 0 radical (unpaired) electrons. The zero-order valence-corrected chi connectivity index (χ0v) is 25.8. The lowest BCUT2D eigenvalue weighted by Crippen LogP contribution is -2.49. The first-order valence-corrected chi connectivity index (χ1v) is 14.6. The standard InChI is InChI=1S/C31H32Cl2N6O4/c1-17(40)21-15-34-25-9-8-24(18-12-22(32)29(41)23(33)13-18)38-28(25)27(21)36-19-7-10-26(35-14-19)39-11-5-6-20(16-39)37-30(42)43-31(2,3)4/h7-10,12-15,20,41H,5-6,11,16H2,1-4H3,(H,34,36)(H,37,42)/t20-/m0/s1. The second-order valence-electron chi connectivity index (χ2n) is 11.4. The Bertz CT molecular complexity index is 1670. The fourth-order valence-corrected chi connectivity index (χ4v) is 5.39. The number of amides is 1. The highest BCUT2D eigenvalue weighted by Gasteiger charge is 2.25. The number of pyridine rings is 3. The van der Waals surface area contributed by atoms with Gasteiger partial charge in [-0.15, -0.1) is 0 Å². The van der Waals surface area contributed by atoms with Crippen LogP contribution >= 0.6 is 23.2 Å². The lowest BCUT2D eigenvalue weighted by Gasteiger charge is -2.34. The summed E-state index contributed by atoms with van der Waals surface area (Å²) in [7, 11) is 0. The van der Waals surface area contributed by atoms with Crippen LogP contribution < -0.4 is 15.5 Å². The van der Waals surface area contributed by atoms with Crippen molar-refractivity contribution in [2.75, 3.05) is 23.3 Å². The van der Waals surface area contributed by atoms with E-state index in [9.17, 15) is 14.7 Å². The molecule has 3 aromatic heterocycles. The van der Waals surface area contributed by atoms with Crippen LogP contribution in [0.25, 0.3) is 22.3 Å². The van der Waals surface area contributed by atoms with E-state index in [1.807, 2.05) is 32.9 Å². The zero-order chi connectivity index (χ0) is 30.9. The minimum atomic E-state index is -0.560. The van der Waals surface area contributed by atoms with Gasteiger partial charge in [-0.25, -0.2) is 14.8 Å². The van der Waals surface area contributed by atoms with Crippen molar-refractivity contribution in [2.45, 2.75) is 52.2 Å². The van der Waals surface area contributed by atoms with Crippen LogP contribution in [0.2, 0.25) is 10.0 Å². The maximum absolute atomic E-state index is 12.6. The minimum absolute atomic E-state index is 0.0527. The number of piperidine rings is 1. The number of anilines is 3. The Morgan fingerprint density at radius 2 is 1.81 bits per heavy atom. The van der Waals surface area contributed by atoms with Crippen molar-refractivity contribution in [2.24, 2.45) is 0 Å². The predicted octanol–water partition coefficient (Wildman–Crippen LogP) is 7.14. The molecule has 43 heavy (non-hydrogen) atoms. The molecule has 10 nitrogen and oxygen atoms in total. The molecule has 1 aromatic carbocycles. The van der Waals surface area contributed by atoms with Gasteiger partial charge in [0.2, 0.25) is 0 Å². The fraction of sp³-hybridized carbons (Fsp3) is 0.323. The molecule has 0 saturated carbocycles. The van der Waals surface area contributed by atoms with Crippen LogP contribution in [0.3, 0.4) is 0 Å². The number of nitrogens with zero attached hydrogens (tertiary/aromatic N) is 4. The van der Waals surface area contributed by atoms with Crippen LogP contribution in [0.4, 0.5) is 22.0 Å². The number of aromatic nitrogens is 3. The van der Waals surface area contributed by atoms with Crippen LogP contribution in [-0.2, 0) is 4.74 Å². The molecule has 12 heteroatoms. The van der Waals surface area contributed by atoms with Gasteiger partial charge in [-0.3, -0.25) is 9.78 Å². The molecule has 1 fully saturated rings. The number of phenolic OH excluding ortho intramolecular Hbond substituents is 1. The molecule has 224 valence electrons. The average molecular weight is 624 g/mol. The highest BCUT2D eigenvalue weighted by molar-refractivity contribution is 6.37. The second kappa shape index (κ2) is 12.2. The van der Waals surface area contributed by atoms with Crippen LogP contribution in [-0.4, -0.2) is 56.7 Å². The molecule has 5 rings (SSSR count). The average Bonchev–Trinajstić information content (AvgIpc) is 2.95. The van der Waals surface area contributed by atoms with Crippen molar-refractivity contribution in [1.82, 2.24) is 20.3 Å². The summed E-state index contributed by atoms with van der Waals surface area (Å²) in [6.07, 6.45) is 4.55. The van der Waals surface area contributed by atoms with E-state index in [2.05, 4.69) is 25.5 Å². The number of rotatable bonds is 6. The van der Waals surface area contributed by atoms with E-state index in [1.54, 1.807) is 30.5 Å². The lowest BCUT2D eigenvalue weighted by atomic mass is 10.1. The van der Waals surface area contributed by atoms with Crippen molar-refractivity contribution in [3.63, 3.8) is 0 Å². The van der Waals surface area contributed by atoms with Gasteiger partial charge in [0, 0.05) is 30.9 Å². The Morgan fingerprint density at radius 3 is 2.47 bits per heavy atom. The molecule has 3 N–H and O–H groups in total. The van der Waals surface area contributed by atoms with E-state index >= 15 is 0 Å². The van der Waals surface area contributed by atoms with Gasteiger partial charge >= 0.3 is 6.09 Å². The topological polar surface area (TPSA) is 130 Å². The van der Waals surface area contributed by atoms with Crippen molar-refractivity contribution in [3.05, 3.63) is 64.4 Å². The Hall–Kier alpha value is -4.15. The number of hydrogen-bond acceptors (Lipinski definition) is 9. The van der Waals surface area contributed by atoms with E-state index < -0.39 is 11.7 Å². The number of carbonyl (C=O) groups excluding carboxylic acids is 2. The Morgan fingerprint density at radius 1 is 1.07 bits per heavy atom. The van der Waals surface area contributed by atoms with E-state index in [1.165, 1.54) is 13.1 Å². The van der Waals surface area contributed by atoms with Gasteiger partial charge in [0.1, 0.15) is 16.9 Å². The molecule has 0 bridgehead atoms. The number of halogens is 2. The lowest BCUT2D eigenvalue weighted by molar-refractivity contribution is 0.0499. The van der Waals surface area contributed by atoms with Crippen molar-refractivity contribution < 1.29 is 19.4 Å². The molecule has 4 aromatic rings. The maximum atomic E-state index is 12.6. The van der Waals surface area contributed by atoms with E-state index in [0.717, 1.165) is 25.2 Å². The molecule has 0 spiro atoms. The summed E-state index contributed by atoms with van der Waals surface area (Å²) in [5, 5.41) is 16.5. The van der Waals surface area contributed by atoms with Gasteiger partial charge in [0.25, 0.3) is 0 Å². The van der Waals surface area contributed by atoms with E-state index in [4.69, 9.17) is 32.9 Å². The van der Waals surface area contributed by atoms with Gasteiger partial charge < -0.3 is 25.4 Å². The third kappa shape index (κ3) is 7.09. The van der Waals surface area contributed by atoms with Gasteiger partial charge in [-0.05, 0) is 76.9 Å². The van der Waals surface area contributed by atoms with Crippen molar-refractivity contribution in [3.8, 4) is 17.0 Å². The molecular formula is C31H32Cl2N6O4. The Balaban J connectivity index is 1.40. The smallest absolute Gasteiger partial charge is 0.407 e. The first kappa shape index (κ1) is 30.3. The maximum Gasteiger partial charge on any atom is 0.407 e. The summed E-state index contributed by atoms with van der Waals surface area (Å²) in [6.45, 7) is 8.41. The molecule has 1 aliphatic heterocycles. The quantitative estimate of drug-likeness (QED) is 0.192. The Labute approximate surface area is 259 Å². The number of aromatic hydroxyl groups is 1. The molecule has 0 aliphatic carbocycles. The van der Waals surface area contributed by atoms with Crippen LogP contribution in [0, 0.1) is 0 Å². The molecule has 1 aliphatic rings. The predicted molar refractivity (Wildman–Crippen MR) is 169 cm³/mol. The van der Waals surface area contributed by atoms with Gasteiger partial charge in [-0.1, -0.05) is 23.2 Å².